The monoisotopic (exact) mass is 226 g/mol. The van der Waals surface area contributed by atoms with Gasteiger partial charge < -0.3 is 4.74 Å². The van der Waals surface area contributed by atoms with Crippen LogP contribution >= 0.6 is 0 Å². The van der Waals surface area contributed by atoms with Crippen LogP contribution in [0.5, 0.6) is 0 Å². The van der Waals surface area contributed by atoms with Crippen molar-refractivity contribution in [1.82, 2.24) is 0 Å². The molecule has 0 saturated carbocycles. The average Bonchev–Trinajstić information content (AvgIpc) is 2.24. The Morgan fingerprint density at radius 2 is 2.06 bits per heavy atom. The number of rotatable bonds is 8. The fourth-order valence-electron chi connectivity index (χ4n) is 1.81. The van der Waals surface area contributed by atoms with Crippen LogP contribution in [0.25, 0.3) is 0 Å². The van der Waals surface area contributed by atoms with Crippen LogP contribution in [0.15, 0.2) is 12.7 Å². The van der Waals surface area contributed by atoms with Gasteiger partial charge in [-0.1, -0.05) is 47.1 Å². The van der Waals surface area contributed by atoms with E-state index in [-0.39, 0.29) is 11.4 Å². The van der Waals surface area contributed by atoms with Crippen molar-refractivity contribution in [2.24, 2.45) is 11.3 Å². The van der Waals surface area contributed by atoms with E-state index < -0.39 is 0 Å². The molecule has 0 amide bonds. The van der Waals surface area contributed by atoms with Crippen molar-refractivity contribution in [3.05, 3.63) is 12.7 Å². The number of carbonyl (C=O) groups is 1. The van der Waals surface area contributed by atoms with Crippen molar-refractivity contribution >= 4 is 5.97 Å². The van der Waals surface area contributed by atoms with Crippen molar-refractivity contribution in [3.63, 3.8) is 0 Å². The molecule has 0 aromatic heterocycles. The van der Waals surface area contributed by atoms with Crippen molar-refractivity contribution in [2.75, 3.05) is 6.61 Å². The highest BCUT2D eigenvalue weighted by molar-refractivity contribution is 5.81. The van der Waals surface area contributed by atoms with Gasteiger partial charge in [-0.05, 0) is 18.8 Å². The first-order chi connectivity index (χ1) is 7.43. The first-order valence-corrected chi connectivity index (χ1v) is 6.22. The molecule has 16 heavy (non-hydrogen) atoms. The summed E-state index contributed by atoms with van der Waals surface area (Å²) in [5.41, 5.74) is 0.123. The molecule has 0 aromatic rings. The second kappa shape index (κ2) is 7.48. The number of hydrogen-bond donors (Lipinski definition) is 0. The van der Waals surface area contributed by atoms with E-state index in [2.05, 4.69) is 34.3 Å². The summed E-state index contributed by atoms with van der Waals surface area (Å²) in [7, 11) is 0. The molecule has 0 saturated heterocycles. The molecule has 0 fully saturated rings. The topological polar surface area (TPSA) is 26.3 Å². The third-order valence-corrected chi connectivity index (χ3v) is 2.91. The minimum absolute atomic E-state index is 0.123. The van der Waals surface area contributed by atoms with E-state index in [0.29, 0.717) is 12.5 Å². The lowest BCUT2D eigenvalue weighted by atomic mass is 9.80. The molecule has 0 aliphatic carbocycles. The first-order valence-electron chi connectivity index (χ1n) is 6.22. The van der Waals surface area contributed by atoms with Crippen LogP contribution in [0.4, 0.5) is 0 Å². The highest BCUT2D eigenvalue weighted by Gasteiger charge is 2.25. The Morgan fingerprint density at radius 3 is 2.50 bits per heavy atom. The maximum absolute atomic E-state index is 11.1. The number of carbonyl (C=O) groups excluding carboxylic acids is 1. The molecule has 2 heteroatoms. The van der Waals surface area contributed by atoms with Crippen molar-refractivity contribution < 1.29 is 9.53 Å². The summed E-state index contributed by atoms with van der Waals surface area (Å²) < 4.78 is 5.18. The third-order valence-electron chi connectivity index (χ3n) is 2.91. The van der Waals surface area contributed by atoms with Gasteiger partial charge in [0.05, 0.1) is 6.61 Å². The Bertz CT molecular complexity index is 221. The third kappa shape index (κ3) is 6.65. The highest BCUT2D eigenvalue weighted by Crippen LogP contribution is 2.31. The Labute approximate surface area is 100 Å². The highest BCUT2D eigenvalue weighted by atomic mass is 16.5. The molecule has 0 heterocycles. The normalized spacial score (nSPS) is 14.6. The number of esters is 1. The minimum atomic E-state index is -0.313. The van der Waals surface area contributed by atoms with Crippen LogP contribution in [0.1, 0.15) is 53.4 Å². The number of hydrogen-bond acceptors (Lipinski definition) is 2. The largest absolute Gasteiger partial charge is 0.462 e. The summed E-state index contributed by atoms with van der Waals surface area (Å²) in [5.74, 6) is 0.387. The Balaban J connectivity index is 4.20. The molecule has 0 radical (unpaired) electrons. The lowest BCUT2D eigenvalue weighted by Gasteiger charge is -2.29. The van der Waals surface area contributed by atoms with Gasteiger partial charge in [0, 0.05) is 11.5 Å². The summed E-state index contributed by atoms with van der Waals surface area (Å²) in [6.07, 6.45) is 5.75. The summed E-state index contributed by atoms with van der Waals surface area (Å²) in [6, 6.07) is 0. The van der Waals surface area contributed by atoms with Crippen LogP contribution < -0.4 is 0 Å². The van der Waals surface area contributed by atoms with E-state index in [9.17, 15) is 4.79 Å². The zero-order valence-electron chi connectivity index (χ0n) is 11.2. The predicted molar refractivity (Wildman–Crippen MR) is 68.2 cm³/mol. The fourth-order valence-corrected chi connectivity index (χ4v) is 1.81. The second-order valence-corrected chi connectivity index (χ2v) is 5.31. The van der Waals surface area contributed by atoms with E-state index in [4.69, 9.17) is 4.74 Å². The van der Waals surface area contributed by atoms with E-state index in [1.54, 1.807) is 0 Å². The molecule has 0 aromatic carbocycles. The van der Waals surface area contributed by atoms with Gasteiger partial charge in [-0.25, -0.2) is 4.79 Å². The first kappa shape index (κ1) is 15.2. The smallest absolute Gasteiger partial charge is 0.330 e. The molecule has 0 spiro atoms. The SMILES string of the molecule is C=CC(=O)OCC(C)(CCC)CCC(C)C. The average molecular weight is 226 g/mol. The van der Waals surface area contributed by atoms with Gasteiger partial charge in [0.25, 0.3) is 0 Å². The molecular formula is C14H26O2. The van der Waals surface area contributed by atoms with E-state index in [0.717, 1.165) is 19.3 Å². The van der Waals surface area contributed by atoms with Gasteiger partial charge in [-0.15, -0.1) is 0 Å². The van der Waals surface area contributed by atoms with Crippen LogP contribution in [0.3, 0.4) is 0 Å². The summed E-state index contributed by atoms with van der Waals surface area (Å²) in [5, 5.41) is 0. The minimum Gasteiger partial charge on any atom is -0.462 e. The molecule has 0 bridgehead atoms. The maximum Gasteiger partial charge on any atom is 0.330 e. The molecule has 1 atom stereocenters. The van der Waals surface area contributed by atoms with Gasteiger partial charge in [0.2, 0.25) is 0 Å². The summed E-state index contributed by atoms with van der Waals surface area (Å²) >= 11 is 0. The van der Waals surface area contributed by atoms with Crippen LogP contribution in [-0.2, 0) is 9.53 Å². The van der Waals surface area contributed by atoms with Gasteiger partial charge in [0.15, 0.2) is 0 Å². The van der Waals surface area contributed by atoms with Gasteiger partial charge in [0.1, 0.15) is 0 Å². The Kier molecular flexibility index (Phi) is 7.11. The number of ether oxygens (including phenoxy) is 1. The van der Waals surface area contributed by atoms with Gasteiger partial charge in [-0.3, -0.25) is 0 Å². The summed E-state index contributed by atoms with van der Waals surface area (Å²) in [4.78, 5) is 11.1. The molecule has 94 valence electrons. The summed E-state index contributed by atoms with van der Waals surface area (Å²) in [6.45, 7) is 12.7. The van der Waals surface area contributed by atoms with Crippen LogP contribution in [0, 0.1) is 11.3 Å². The van der Waals surface area contributed by atoms with E-state index in [1.165, 1.54) is 12.5 Å². The lowest BCUT2D eigenvalue weighted by molar-refractivity contribution is -0.141. The zero-order valence-corrected chi connectivity index (χ0v) is 11.2. The zero-order chi connectivity index (χ0) is 12.6. The van der Waals surface area contributed by atoms with Crippen molar-refractivity contribution in [1.29, 1.82) is 0 Å². The predicted octanol–water partition coefficient (Wildman–Crippen LogP) is 3.96. The molecule has 0 rings (SSSR count). The second-order valence-electron chi connectivity index (χ2n) is 5.31. The molecular weight excluding hydrogens is 200 g/mol. The maximum atomic E-state index is 11.1. The van der Waals surface area contributed by atoms with Gasteiger partial charge >= 0.3 is 5.97 Å². The van der Waals surface area contributed by atoms with Crippen molar-refractivity contribution in [2.45, 2.75) is 53.4 Å². The quantitative estimate of drug-likeness (QED) is 0.462. The van der Waals surface area contributed by atoms with Crippen LogP contribution in [-0.4, -0.2) is 12.6 Å². The van der Waals surface area contributed by atoms with E-state index in [1.807, 2.05) is 0 Å². The molecule has 0 aliphatic rings. The molecule has 1 unspecified atom stereocenters. The van der Waals surface area contributed by atoms with Crippen molar-refractivity contribution in [3.8, 4) is 0 Å². The van der Waals surface area contributed by atoms with Gasteiger partial charge in [-0.2, -0.15) is 0 Å². The van der Waals surface area contributed by atoms with E-state index >= 15 is 0 Å². The van der Waals surface area contributed by atoms with Crippen LogP contribution in [0.2, 0.25) is 0 Å². The standard InChI is InChI=1S/C14H26O2/c1-6-9-14(5,10-8-12(3)4)11-16-13(15)7-2/h7,12H,2,6,8-11H2,1,3-5H3. The molecule has 0 aliphatic heterocycles. The Morgan fingerprint density at radius 1 is 1.44 bits per heavy atom. The fraction of sp³-hybridized carbons (Fsp3) is 0.786. The lowest BCUT2D eigenvalue weighted by Crippen LogP contribution is -2.25. The Hall–Kier alpha value is -0.790. The molecule has 0 N–H and O–H groups in total. The molecule has 2 nitrogen and oxygen atoms in total.